The molecular weight excluding hydrogens is 212 g/mol. The number of aliphatic carboxylic acids is 1. The largest absolute Gasteiger partial charge is 0.481 e. The zero-order chi connectivity index (χ0) is 12.0. The van der Waals surface area contributed by atoms with Crippen molar-refractivity contribution in [2.45, 2.75) is 25.7 Å². The number of methoxy groups -OCH3 is 1. The third-order valence-electron chi connectivity index (χ3n) is 3.03. The summed E-state index contributed by atoms with van der Waals surface area (Å²) in [5.41, 5.74) is 0. The third kappa shape index (κ3) is 4.18. The van der Waals surface area contributed by atoms with E-state index in [1.165, 1.54) is 7.11 Å². The summed E-state index contributed by atoms with van der Waals surface area (Å²) < 4.78 is 9.81. The molecule has 1 saturated heterocycles. The Bertz CT molecular complexity index is 245. The zero-order valence-corrected chi connectivity index (χ0v) is 9.48. The van der Waals surface area contributed by atoms with Crippen molar-refractivity contribution in [3.05, 3.63) is 0 Å². The van der Waals surface area contributed by atoms with Gasteiger partial charge in [-0.25, -0.2) is 0 Å². The molecule has 0 spiro atoms. The average Bonchev–Trinajstić information content (AvgIpc) is 2.28. The van der Waals surface area contributed by atoms with Gasteiger partial charge in [-0.05, 0) is 24.7 Å². The summed E-state index contributed by atoms with van der Waals surface area (Å²) in [5, 5.41) is 8.82. The van der Waals surface area contributed by atoms with Crippen molar-refractivity contribution in [1.29, 1.82) is 0 Å². The molecule has 0 aliphatic carbocycles. The molecule has 0 saturated carbocycles. The summed E-state index contributed by atoms with van der Waals surface area (Å²) in [4.78, 5) is 21.9. The van der Waals surface area contributed by atoms with Gasteiger partial charge >= 0.3 is 11.9 Å². The molecule has 92 valence electrons. The van der Waals surface area contributed by atoms with E-state index in [0.717, 1.165) is 12.8 Å². The van der Waals surface area contributed by atoms with Crippen LogP contribution in [0.4, 0.5) is 0 Å². The van der Waals surface area contributed by atoms with Crippen LogP contribution in [0.5, 0.6) is 0 Å². The lowest BCUT2D eigenvalue weighted by molar-refractivity contribution is -0.144. The number of carboxylic acids is 1. The van der Waals surface area contributed by atoms with Crippen molar-refractivity contribution in [1.82, 2.24) is 0 Å². The summed E-state index contributed by atoms with van der Waals surface area (Å²) in [6.07, 6.45) is 1.87. The van der Waals surface area contributed by atoms with E-state index in [1.54, 1.807) is 0 Å². The van der Waals surface area contributed by atoms with Crippen LogP contribution in [0.2, 0.25) is 0 Å². The number of carbonyl (C=O) groups excluding carboxylic acids is 1. The molecule has 0 amide bonds. The average molecular weight is 230 g/mol. The van der Waals surface area contributed by atoms with E-state index >= 15 is 0 Å². The Morgan fingerprint density at radius 1 is 1.38 bits per heavy atom. The molecule has 1 aliphatic heterocycles. The van der Waals surface area contributed by atoms with Gasteiger partial charge in [0.2, 0.25) is 0 Å². The van der Waals surface area contributed by atoms with E-state index in [9.17, 15) is 9.59 Å². The minimum absolute atomic E-state index is 0.0275. The molecule has 0 aromatic carbocycles. The molecule has 1 fully saturated rings. The van der Waals surface area contributed by atoms with Crippen LogP contribution in [-0.4, -0.2) is 37.4 Å². The zero-order valence-electron chi connectivity index (χ0n) is 9.48. The van der Waals surface area contributed by atoms with Crippen molar-refractivity contribution in [3.63, 3.8) is 0 Å². The highest BCUT2D eigenvalue weighted by Crippen LogP contribution is 2.29. The maximum Gasteiger partial charge on any atom is 0.305 e. The second kappa shape index (κ2) is 6.48. The van der Waals surface area contributed by atoms with Gasteiger partial charge in [0.25, 0.3) is 0 Å². The Hall–Kier alpha value is -1.10. The Morgan fingerprint density at radius 3 is 2.50 bits per heavy atom. The van der Waals surface area contributed by atoms with E-state index in [1.807, 2.05) is 0 Å². The molecule has 0 radical (unpaired) electrons. The standard InChI is InChI=1S/C11H18O5/c1-15-11(14)7-9(6-10(12)13)8-2-4-16-5-3-8/h8-9H,2-7H2,1H3,(H,12,13). The van der Waals surface area contributed by atoms with Crippen molar-refractivity contribution in [2.24, 2.45) is 11.8 Å². The van der Waals surface area contributed by atoms with Crippen LogP contribution in [0.1, 0.15) is 25.7 Å². The SMILES string of the molecule is COC(=O)CC(CC(=O)O)C1CCOCC1. The van der Waals surface area contributed by atoms with Gasteiger partial charge in [0.15, 0.2) is 0 Å². The molecule has 5 nitrogen and oxygen atoms in total. The van der Waals surface area contributed by atoms with E-state index < -0.39 is 5.97 Å². The van der Waals surface area contributed by atoms with Crippen LogP contribution < -0.4 is 0 Å². The van der Waals surface area contributed by atoms with Crippen molar-refractivity contribution in [2.75, 3.05) is 20.3 Å². The molecule has 0 bridgehead atoms. The van der Waals surface area contributed by atoms with Crippen molar-refractivity contribution in [3.8, 4) is 0 Å². The first-order valence-electron chi connectivity index (χ1n) is 5.50. The molecule has 5 heteroatoms. The monoisotopic (exact) mass is 230 g/mol. The van der Waals surface area contributed by atoms with Gasteiger partial charge in [-0.2, -0.15) is 0 Å². The smallest absolute Gasteiger partial charge is 0.305 e. The minimum Gasteiger partial charge on any atom is -0.481 e. The van der Waals surface area contributed by atoms with E-state index in [2.05, 4.69) is 4.74 Å². The highest BCUT2D eigenvalue weighted by molar-refractivity contribution is 5.72. The maximum absolute atomic E-state index is 11.2. The second-order valence-electron chi connectivity index (χ2n) is 4.09. The molecule has 1 aliphatic rings. The lowest BCUT2D eigenvalue weighted by atomic mass is 9.82. The van der Waals surface area contributed by atoms with Crippen LogP contribution >= 0.6 is 0 Å². The Labute approximate surface area is 94.7 Å². The summed E-state index contributed by atoms with van der Waals surface area (Å²) >= 11 is 0. The van der Waals surface area contributed by atoms with Gasteiger partial charge in [-0.3, -0.25) is 9.59 Å². The van der Waals surface area contributed by atoms with Crippen LogP contribution in [0.25, 0.3) is 0 Å². The highest BCUT2D eigenvalue weighted by atomic mass is 16.5. The van der Waals surface area contributed by atoms with Crippen molar-refractivity contribution < 1.29 is 24.2 Å². The van der Waals surface area contributed by atoms with E-state index in [-0.39, 0.29) is 30.6 Å². The second-order valence-corrected chi connectivity index (χ2v) is 4.09. The topological polar surface area (TPSA) is 72.8 Å². The normalized spacial score (nSPS) is 19.1. The fraction of sp³-hybridized carbons (Fsp3) is 0.818. The Balaban J connectivity index is 2.53. The first kappa shape index (κ1) is 13.0. The molecule has 1 atom stereocenters. The molecule has 1 rings (SSSR count). The summed E-state index contributed by atoms with van der Waals surface area (Å²) in [6.45, 7) is 1.31. The van der Waals surface area contributed by atoms with Gasteiger partial charge in [0.1, 0.15) is 0 Å². The quantitative estimate of drug-likeness (QED) is 0.715. The molecular formula is C11H18O5. The van der Waals surface area contributed by atoms with Gasteiger partial charge in [-0.1, -0.05) is 0 Å². The third-order valence-corrected chi connectivity index (χ3v) is 3.03. The maximum atomic E-state index is 11.2. The molecule has 1 heterocycles. The fourth-order valence-corrected chi connectivity index (χ4v) is 2.11. The number of carbonyl (C=O) groups is 2. The van der Waals surface area contributed by atoms with Crippen molar-refractivity contribution >= 4 is 11.9 Å². The molecule has 0 aromatic rings. The summed E-state index contributed by atoms with van der Waals surface area (Å²) in [5.74, 6) is -1.07. The summed E-state index contributed by atoms with van der Waals surface area (Å²) in [7, 11) is 1.32. The Morgan fingerprint density at radius 2 is 2.00 bits per heavy atom. The number of esters is 1. The van der Waals surface area contributed by atoms with E-state index in [0.29, 0.717) is 13.2 Å². The summed E-state index contributed by atoms with van der Waals surface area (Å²) in [6, 6.07) is 0. The van der Waals surface area contributed by atoms with Crippen LogP contribution in [0.15, 0.2) is 0 Å². The number of carboxylic acid groups (broad SMARTS) is 1. The first-order valence-corrected chi connectivity index (χ1v) is 5.50. The van der Waals surface area contributed by atoms with Gasteiger partial charge in [0.05, 0.1) is 7.11 Å². The van der Waals surface area contributed by atoms with E-state index in [4.69, 9.17) is 9.84 Å². The molecule has 16 heavy (non-hydrogen) atoms. The van der Waals surface area contributed by atoms with Crippen LogP contribution in [0, 0.1) is 11.8 Å². The molecule has 0 aromatic heterocycles. The number of ether oxygens (including phenoxy) is 2. The fourth-order valence-electron chi connectivity index (χ4n) is 2.11. The van der Waals surface area contributed by atoms with Gasteiger partial charge < -0.3 is 14.6 Å². The lowest BCUT2D eigenvalue weighted by Crippen LogP contribution is -2.27. The predicted octanol–water partition coefficient (Wildman–Crippen LogP) is 1.07. The predicted molar refractivity (Wildman–Crippen MR) is 55.9 cm³/mol. The molecule has 1 N–H and O–H groups in total. The van der Waals surface area contributed by atoms with Crippen LogP contribution in [0.3, 0.4) is 0 Å². The van der Waals surface area contributed by atoms with Gasteiger partial charge in [-0.15, -0.1) is 0 Å². The van der Waals surface area contributed by atoms with Crippen LogP contribution in [-0.2, 0) is 19.1 Å². The number of rotatable bonds is 5. The molecule has 1 unspecified atom stereocenters. The number of hydrogen-bond donors (Lipinski definition) is 1. The highest BCUT2D eigenvalue weighted by Gasteiger charge is 2.28. The Kier molecular flexibility index (Phi) is 5.25. The lowest BCUT2D eigenvalue weighted by Gasteiger charge is -2.28. The first-order chi connectivity index (χ1) is 7.63. The number of hydrogen-bond acceptors (Lipinski definition) is 4. The van der Waals surface area contributed by atoms with Gasteiger partial charge in [0, 0.05) is 26.1 Å². The minimum atomic E-state index is -0.861.